The quantitative estimate of drug-likeness (QED) is 0.349. The van der Waals surface area contributed by atoms with E-state index in [1.54, 1.807) is 24.7 Å². The Morgan fingerprint density at radius 1 is 1.00 bits per heavy atom. The van der Waals surface area contributed by atoms with Crippen LogP contribution in [0.5, 0.6) is 5.75 Å². The van der Waals surface area contributed by atoms with E-state index in [1.165, 1.54) is 19.2 Å². The van der Waals surface area contributed by atoms with E-state index >= 15 is 0 Å². The number of nitrogens with two attached hydrogens (primary N) is 1. The van der Waals surface area contributed by atoms with Crippen LogP contribution in [0.3, 0.4) is 0 Å². The predicted molar refractivity (Wildman–Crippen MR) is 129 cm³/mol. The number of methoxy groups -OCH3 is 1. The van der Waals surface area contributed by atoms with Crippen molar-refractivity contribution in [3.63, 3.8) is 0 Å². The number of nitrogens with one attached hydrogen (secondary N) is 2. The summed E-state index contributed by atoms with van der Waals surface area (Å²) in [6, 6.07) is 14.0. The number of nitrogens with zero attached hydrogens (tertiary/aromatic N) is 4. The summed E-state index contributed by atoms with van der Waals surface area (Å²) in [4.78, 5) is 16.7. The summed E-state index contributed by atoms with van der Waals surface area (Å²) in [5.74, 6) is 0.0721. The van der Waals surface area contributed by atoms with E-state index in [0.717, 1.165) is 33.4 Å². The normalized spacial score (nSPS) is 11.4. The van der Waals surface area contributed by atoms with Crippen molar-refractivity contribution in [2.75, 3.05) is 12.8 Å². The van der Waals surface area contributed by atoms with Crippen molar-refractivity contribution < 1.29 is 9.13 Å². The predicted octanol–water partition coefficient (Wildman–Crippen LogP) is 4.96. The second-order valence-corrected chi connectivity index (χ2v) is 7.86. The third-order valence-electron chi connectivity index (χ3n) is 5.67. The third-order valence-corrected chi connectivity index (χ3v) is 5.67. The molecule has 0 unspecified atom stereocenters. The van der Waals surface area contributed by atoms with Crippen LogP contribution >= 0.6 is 0 Å². The first kappa shape index (κ1) is 19.9. The lowest BCUT2D eigenvalue weighted by Gasteiger charge is -2.06. The SMILES string of the molecule is COc1cc(F)cc(-c2ccnc3[nH]c(-c4n[nH]c5ccc(-c6cncc(N)c6)nc45)cc23)c1. The van der Waals surface area contributed by atoms with Crippen molar-refractivity contribution in [3.05, 3.63) is 72.9 Å². The van der Waals surface area contributed by atoms with Gasteiger partial charge in [0, 0.05) is 35.6 Å². The highest BCUT2D eigenvalue weighted by Crippen LogP contribution is 2.35. The number of hydrogen-bond acceptors (Lipinski definition) is 6. The summed E-state index contributed by atoms with van der Waals surface area (Å²) in [6.45, 7) is 0. The van der Waals surface area contributed by atoms with E-state index in [-0.39, 0.29) is 5.82 Å². The Kier molecular flexibility index (Phi) is 4.48. The molecule has 5 heterocycles. The van der Waals surface area contributed by atoms with Crippen LogP contribution in [0.2, 0.25) is 0 Å². The van der Waals surface area contributed by atoms with Gasteiger partial charge in [0.05, 0.1) is 29.7 Å². The maximum Gasteiger partial charge on any atom is 0.138 e. The van der Waals surface area contributed by atoms with Crippen molar-refractivity contribution in [2.45, 2.75) is 0 Å². The Balaban J connectivity index is 1.50. The minimum absolute atomic E-state index is 0.374. The Bertz CT molecular complexity index is 1690. The molecule has 0 radical (unpaired) electrons. The molecule has 0 atom stereocenters. The molecule has 0 aliphatic heterocycles. The van der Waals surface area contributed by atoms with E-state index in [2.05, 4.69) is 25.1 Å². The summed E-state index contributed by atoms with van der Waals surface area (Å²) in [7, 11) is 1.51. The first-order chi connectivity index (χ1) is 16.6. The maximum atomic E-state index is 14.2. The number of benzene rings is 1. The summed E-state index contributed by atoms with van der Waals surface area (Å²) in [6.07, 6.45) is 4.99. The van der Waals surface area contributed by atoms with Gasteiger partial charge in [0.25, 0.3) is 0 Å². The number of aromatic nitrogens is 6. The lowest BCUT2D eigenvalue weighted by molar-refractivity contribution is 0.411. The van der Waals surface area contributed by atoms with Gasteiger partial charge in [0.1, 0.15) is 28.4 Å². The van der Waals surface area contributed by atoms with E-state index in [0.29, 0.717) is 33.9 Å². The Morgan fingerprint density at radius 2 is 1.91 bits per heavy atom. The molecule has 0 spiro atoms. The van der Waals surface area contributed by atoms with Crippen LogP contribution in [0.15, 0.2) is 67.1 Å². The lowest BCUT2D eigenvalue weighted by atomic mass is 10.0. The number of hydrogen-bond donors (Lipinski definition) is 3. The van der Waals surface area contributed by atoms with Gasteiger partial charge in [-0.2, -0.15) is 5.10 Å². The summed E-state index contributed by atoms with van der Waals surface area (Å²) in [5.41, 5.74) is 13.0. The molecule has 0 aliphatic carbocycles. The molecular formula is C25H18FN7O. The zero-order valence-electron chi connectivity index (χ0n) is 18.0. The number of ether oxygens (including phenoxy) is 1. The number of rotatable bonds is 4. The molecule has 6 aromatic rings. The highest BCUT2D eigenvalue weighted by Gasteiger charge is 2.16. The van der Waals surface area contributed by atoms with Gasteiger partial charge in [-0.3, -0.25) is 10.1 Å². The van der Waals surface area contributed by atoms with Gasteiger partial charge < -0.3 is 15.5 Å². The molecular weight excluding hydrogens is 433 g/mol. The molecule has 6 rings (SSSR count). The minimum atomic E-state index is -0.374. The first-order valence-electron chi connectivity index (χ1n) is 10.5. The van der Waals surface area contributed by atoms with Crippen molar-refractivity contribution in [3.8, 4) is 39.5 Å². The van der Waals surface area contributed by atoms with Crippen LogP contribution in [0, 0.1) is 5.82 Å². The van der Waals surface area contributed by atoms with Crippen molar-refractivity contribution in [2.24, 2.45) is 0 Å². The highest BCUT2D eigenvalue weighted by molar-refractivity contribution is 5.99. The average molecular weight is 451 g/mol. The van der Waals surface area contributed by atoms with Crippen LogP contribution in [0.4, 0.5) is 10.1 Å². The number of halogens is 1. The van der Waals surface area contributed by atoms with E-state index < -0.39 is 0 Å². The second kappa shape index (κ2) is 7.66. The zero-order valence-corrected chi connectivity index (χ0v) is 18.0. The van der Waals surface area contributed by atoms with Crippen molar-refractivity contribution >= 4 is 27.8 Å². The van der Waals surface area contributed by atoms with E-state index in [4.69, 9.17) is 15.5 Å². The highest BCUT2D eigenvalue weighted by atomic mass is 19.1. The second-order valence-electron chi connectivity index (χ2n) is 7.86. The van der Waals surface area contributed by atoms with Crippen LogP contribution in [-0.2, 0) is 0 Å². The third kappa shape index (κ3) is 3.30. The van der Waals surface area contributed by atoms with Crippen molar-refractivity contribution in [1.82, 2.24) is 30.1 Å². The molecule has 0 aliphatic rings. The number of aromatic amines is 2. The van der Waals surface area contributed by atoms with Gasteiger partial charge in [-0.15, -0.1) is 0 Å². The lowest BCUT2D eigenvalue weighted by Crippen LogP contribution is -1.90. The Hall–Kier alpha value is -4.79. The first-order valence-corrected chi connectivity index (χ1v) is 10.5. The molecule has 166 valence electrons. The van der Waals surface area contributed by atoms with Crippen LogP contribution < -0.4 is 10.5 Å². The van der Waals surface area contributed by atoms with Gasteiger partial charge in [-0.05, 0) is 53.6 Å². The largest absolute Gasteiger partial charge is 0.497 e. The van der Waals surface area contributed by atoms with Gasteiger partial charge in [-0.25, -0.2) is 14.4 Å². The van der Waals surface area contributed by atoms with Gasteiger partial charge in [0.2, 0.25) is 0 Å². The summed E-state index contributed by atoms with van der Waals surface area (Å²) in [5, 5.41) is 8.35. The zero-order chi connectivity index (χ0) is 23.2. The molecule has 0 saturated carbocycles. The molecule has 1 aromatic carbocycles. The fourth-order valence-corrected chi connectivity index (χ4v) is 4.09. The topological polar surface area (TPSA) is 118 Å². The van der Waals surface area contributed by atoms with Crippen LogP contribution in [0.25, 0.3) is 55.8 Å². The molecule has 0 fully saturated rings. The van der Waals surface area contributed by atoms with Crippen LogP contribution in [0.1, 0.15) is 0 Å². The van der Waals surface area contributed by atoms with Gasteiger partial charge >= 0.3 is 0 Å². The van der Waals surface area contributed by atoms with Crippen molar-refractivity contribution in [1.29, 1.82) is 0 Å². The fraction of sp³-hybridized carbons (Fsp3) is 0.0400. The Labute approximate surface area is 192 Å². The van der Waals surface area contributed by atoms with Gasteiger partial charge in [0.15, 0.2) is 0 Å². The number of pyridine rings is 3. The fourth-order valence-electron chi connectivity index (χ4n) is 4.09. The van der Waals surface area contributed by atoms with E-state index in [9.17, 15) is 4.39 Å². The maximum absolute atomic E-state index is 14.2. The number of anilines is 1. The molecule has 34 heavy (non-hydrogen) atoms. The smallest absolute Gasteiger partial charge is 0.138 e. The van der Waals surface area contributed by atoms with Gasteiger partial charge in [-0.1, -0.05) is 0 Å². The molecule has 9 heteroatoms. The number of H-pyrrole nitrogens is 2. The summed E-state index contributed by atoms with van der Waals surface area (Å²) >= 11 is 0. The average Bonchev–Trinajstić information content (AvgIpc) is 3.47. The number of fused-ring (bicyclic) bond motifs is 2. The molecule has 0 amide bonds. The molecule has 0 bridgehead atoms. The Morgan fingerprint density at radius 3 is 2.76 bits per heavy atom. The molecule has 5 aromatic heterocycles. The standard InChI is InChI=1S/C25H18FN7O/c1-34-17-8-13(6-15(26)9-17)18-4-5-29-25-19(18)10-22(31-25)24-23-21(32-33-24)3-2-20(30-23)14-7-16(27)12-28-11-14/h2-12H,27H2,1H3,(H,29,31)(H,32,33). The van der Waals surface area contributed by atoms with Crippen LogP contribution in [-0.4, -0.2) is 37.2 Å². The molecule has 0 saturated heterocycles. The monoisotopic (exact) mass is 451 g/mol. The molecule has 8 nitrogen and oxygen atoms in total. The van der Waals surface area contributed by atoms with E-state index in [1.807, 2.05) is 30.3 Å². The molecule has 4 N–H and O–H groups in total. The number of nitrogen functional groups attached to an aromatic ring is 1. The summed E-state index contributed by atoms with van der Waals surface area (Å²) < 4.78 is 19.4. The minimum Gasteiger partial charge on any atom is -0.497 e.